The van der Waals surface area contributed by atoms with Crippen LogP contribution in [0.15, 0.2) is 53.4 Å². The van der Waals surface area contributed by atoms with Crippen molar-refractivity contribution in [2.45, 2.75) is 58.2 Å². The van der Waals surface area contributed by atoms with Gasteiger partial charge in [0.25, 0.3) is 5.56 Å². The quantitative estimate of drug-likeness (QED) is 0.366. The number of aliphatic imine (C=N–C) groups is 1. The zero-order valence-corrected chi connectivity index (χ0v) is 18.9. The minimum Gasteiger partial charge on any atom is -0.383 e. The molecule has 1 aliphatic carbocycles. The molecule has 0 unspecified atom stereocenters. The minimum atomic E-state index is -0.208. The highest BCUT2D eigenvalue weighted by Crippen LogP contribution is 2.27. The summed E-state index contributed by atoms with van der Waals surface area (Å²) >= 11 is 0. The molecule has 1 aromatic carbocycles. The van der Waals surface area contributed by atoms with Gasteiger partial charge in [0.1, 0.15) is 11.4 Å². The van der Waals surface area contributed by atoms with Crippen LogP contribution in [0.25, 0.3) is 0 Å². The van der Waals surface area contributed by atoms with Crippen LogP contribution < -0.4 is 16.6 Å². The van der Waals surface area contributed by atoms with Crippen molar-refractivity contribution in [3.63, 3.8) is 0 Å². The molecule has 1 aliphatic heterocycles. The fourth-order valence-corrected chi connectivity index (χ4v) is 4.26. The molecular weight excluding hydrogens is 400 g/mol. The van der Waals surface area contributed by atoms with Gasteiger partial charge >= 0.3 is 0 Å². The number of aromatic amines is 1. The fourth-order valence-electron chi connectivity index (χ4n) is 4.26. The van der Waals surface area contributed by atoms with E-state index in [0.29, 0.717) is 11.6 Å². The van der Waals surface area contributed by atoms with Crippen LogP contribution in [-0.4, -0.2) is 28.3 Å². The smallest absolute Gasteiger partial charge is 0.261 e. The Hall–Kier alpha value is -3.37. The zero-order chi connectivity index (χ0) is 23.5. The number of anilines is 1. The maximum absolute atomic E-state index is 12.5. The van der Waals surface area contributed by atoms with Gasteiger partial charge in [-0.2, -0.15) is 0 Å². The summed E-state index contributed by atoms with van der Waals surface area (Å²) in [7, 11) is 0. The van der Waals surface area contributed by atoms with E-state index in [2.05, 4.69) is 59.0 Å². The van der Waals surface area contributed by atoms with Crippen molar-refractivity contribution < 1.29 is 0 Å². The predicted molar refractivity (Wildman–Crippen MR) is 132 cm³/mol. The number of pyridine rings is 1. The van der Waals surface area contributed by atoms with E-state index in [4.69, 9.17) is 11.0 Å². The van der Waals surface area contributed by atoms with Crippen molar-refractivity contribution >= 4 is 17.2 Å². The first-order valence-electron chi connectivity index (χ1n) is 11.1. The lowest BCUT2D eigenvalue weighted by atomic mass is 9.95. The van der Waals surface area contributed by atoms with E-state index >= 15 is 0 Å². The third-order valence-electron chi connectivity index (χ3n) is 5.86. The first kappa shape index (κ1) is 24.9. The molecule has 0 radical (unpaired) electrons. The summed E-state index contributed by atoms with van der Waals surface area (Å²) in [6.45, 7) is 14.6. The van der Waals surface area contributed by atoms with Crippen molar-refractivity contribution in [2.24, 2.45) is 10.7 Å². The number of hydrogen-bond donors (Lipinski definition) is 3. The number of H-pyrrole nitrogens is 1. The number of rotatable bonds is 5. The number of nitrogens with zero attached hydrogens (tertiary/aromatic N) is 3. The SMILES string of the molecule is C#N.C=C.CCN1Cc2ccc(N=C(N)c3c(NC4CCCCC4)cc[nH]c3=O)cc2C1. The highest BCUT2D eigenvalue weighted by atomic mass is 16.1. The van der Waals surface area contributed by atoms with Crippen LogP contribution in [0.1, 0.15) is 55.7 Å². The standard InChI is InChI=1S/C22H29N5O.C2H4.CHN/c1-2-27-13-15-8-9-18(12-16(15)14-27)26-21(23)20-19(10-11-24-22(20)28)25-17-6-4-3-5-7-17;2*1-2/h8-12,17H,2-7,13-14H2,1H3,(H2,23,26)(H2,24,25,28);1-2H2;1H. The minimum absolute atomic E-state index is 0.208. The van der Waals surface area contributed by atoms with Gasteiger partial charge in [-0.1, -0.05) is 32.3 Å². The summed E-state index contributed by atoms with van der Waals surface area (Å²) in [5.41, 5.74) is 10.7. The normalized spacial score (nSPS) is 16.2. The van der Waals surface area contributed by atoms with Gasteiger partial charge in [-0.25, -0.2) is 10.3 Å². The van der Waals surface area contributed by atoms with Crippen LogP contribution in [0, 0.1) is 11.8 Å². The van der Waals surface area contributed by atoms with E-state index in [0.717, 1.165) is 43.9 Å². The number of nitrogens with one attached hydrogen (secondary N) is 2. The third kappa shape index (κ3) is 6.08. The molecular formula is C25H34N6O. The summed E-state index contributed by atoms with van der Waals surface area (Å²) < 4.78 is 0. The van der Waals surface area contributed by atoms with Gasteiger partial charge in [0, 0.05) is 31.9 Å². The lowest BCUT2D eigenvalue weighted by Crippen LogP contribution is -2.29. The van der Waals surface area contributed by atoms with Crippen molar-refractivity contribution in [1.29, 1.82) is 5.26 Å². The topological polar surface area (TPSA) is 110 Å². The molecule has 7 heteroatoms. The van der Waals surface area contributed by atoms with Crippen molar-refractivity contribution in [3.8, 4) is 6.57 Å². The number of aromatic nitrogens is 1. The molecule has 0 saturated heterocycles. The predicted octanol–water partition coefficient (Wildman–Crippen LogP) is 4.43. The van der Waals surface area contributed by atoms with E-state index < -0.39 is 0 Å². The zero-order valence-electron chi connectivity index (χ0n) is 18.9. The number of nitriles is 1. The number of amidine groups is 1. The largest absolute Gasteiger partial charge is 0.383 e. The molecule has 0 spiro atoms. The molecule has 4 rings (SSSR count). The van der Waals surface area contributed by atoms with Crippen LogP contribution in [0.5, 0.6) is 0 Å². The Labute approximate surface area is 190 Å². The summed E-state index contributed by atoms with van der Waals surface area (Å²) in [6, 6.07) is 8.46. The van der Waals surface area contributed by atoms with Crippen LogP contribution in [0.4, 0.5) is 11.4 Å². The Morgan fingerprint density at radius 2 is 1.91 bits per heavy atom. The fraction of sp³-hybridized carbons (Fsp3) is 0.400. The molecule has 2 aromatic rings. The van der Waals surface area contributed by atoms with Gasteiger partial charge in [-0.3, -0.25) is 9.69 Å². The summed E-state index contributed by atoms with van der Waals surface area (Å²) in [5, 5.41) is 10.0. The van der Waals surface area contributed by atoms with Gasteiger partial charge in [-0.05, 0) is 48.7 Å². The van der Waals surface area contributed by atoms with Crippen LogP contribution in [0.3, 0.4) is 0 Å². The Morgan fingerprint density at radius 1 is 1.22 bits per heavy atom. The van der Waals surface area contributed by atoms with Crippen LogP contribution in [-0.2, 0) is 13.1 Å². The molecule has 1 fully saturated rings. The summed E-state index contributed by atoms with van der Waals surface area (Å²) in [4.78, 5) is 22.2. The second kappa shape index (κ2) is 12.5. The second-order valence-corrected chi connectivity index (χ2v) is 7.83. The lowest BCUT2D eigenvalue weighted by Gasteiger charge is -2.24. The van der Waals surface area contributed by atoms with Crippen molar-refractivity contribution in [1.82, 2.24) is 9.88 Å². The molecule has 1 aromatic heterocycles. The Bertz CT molecular complexity index is 987. The second-order valence-electron chi connectivity index (χ2n) is 7.83. The monoisotopic (exact) mass is 434 g/mol. The maximum atomic E-state index is 12.5. The van der Waals surface area contributed by atoms with Gasteiger partial charge in [0.2, 0.25) is 0 Å². The summed E-state index contributed by atoms with van der Waals surface area (Å²) in [6.07, 6.45) is 7.66. The molecule has 1 saturated carbocycles. The molecule has 0 atom stereocenters. The molecule has 7 nitrogen and oxygen atoms in total. The van der Waals surface area contributed by atoms with Crippen LogP contribution in [0.2, 0.25) is 0 Å². The number of hydrogen-bond acceptors (Lipinski definition) is 5. The first-order valence-corrected chi connectivity index (χ1v) is 11.1. The lowest BCUT2D eigenvalue weighted by molar-refractivity contribution is 0.301. The van der Waals surface area contributed by atoms with Gasteiger partial charge in [0.15, 0.2) is 0 Å². The Balaban J connectivity index is 0.000000860. The molecule has 4 N–H and O–H groups in total. The van der Waals surface area contributed by atoms with E-state index in [1.54, 1.807) is 6.20 Å². The first-order chi connectivity index (χ1) is 15.6. The highest BCUT2D eigenvalue weighted by molar-refractivity contribution is 6.03. The highest BCUT2D eigenvalue weighted by Gasteiger charge is 2.19. The van der Waals surface area contributed by atoms with Crippen molar-refractivity contribution in [3.05, 3.63) is 70.7 Å². The van der Waals surface area contributed by atoms with Gasteiger partial charge < -0.3 is 16.0 Å². The number of benzene rings is 1. The third-order valence-corrected chi connectivity index (χ3v) is 5.86. The van der Waals surface area contributed by atoms with Gasteiger partial charge in [0.05, 0.1) is 11.4 Å². The molecule has 0 bridgehead atoms. The maximum Gasteiger partial charge on any atom is 0.261 e. The van der Waals surface area contributed by atoms with E-state index in [-0.39, 0.29) is 11.4 Å². The van der Waals surface area contributed by atoms with E-state index in [9.17, 15) is 4.79 Å². The Morgan fingerprint density at radius 3 is 2.59 bits per heavy atom. The molecule has 0 amide bonds. The summed E-state index contributed by atoms with van der Waals surface area (Å²) in [5.74, 6) is 0.255. The molecule has 170 valence electrons. The van der Waals surface area contributed by atoms with E-state index in [1.165, 1.54) is 30.4 Å². The molecule has 2 heterocycles. The molecule has 32 heavy (non-hydrogen) atoms. The van der Waals surface area contributed by atoms with Gasteiger partial charge in [-0.15, -0.1) is 13.2 Å². The number of fused-ring (bicyclic) bond motifs is 1. The average Bonchev–Trinajstić information content (AvgIpc) is 3.25. The average molecular weight is 435 g/mol. The van der Waals surface area contributed by atoms with Crippen molar-refractivity contribution in [2.75, 3.05) is 11.9 Å². The molecule has 2 aliphatic rings. The number of nitrogens with two attached hydrogens (primary N) is 1. The van der Waals surface area contributed by atoms with E-state index in [1.807, 2.05) is 12.1 Å². The Kier molecular flexibility index (Phi) is 9.71. The van der Waals surface area contributed by atoms with Crippen LogP contribution >= 0.6 is 0 Å².